The Morgan fingerprint density at radius 2 is 1.68 bits per heavy atom. The van der Waals surface area contributed by atoms with Crippen molar-refractivity contribution >= 4 is 0 Å². The quantitative estimate of drug-likeness (QED) is 0.753. The predicted octanol–water partition coefficient (Wildman–Crippen LogP) is 3.91. The summed E-state index contributed by atoms with van der Waals surface area (Å²) < 4.78 is 0. The Morgan fingerprint density at radius 1 is 1.11 bits per heavy atom. The summed E-state index contributed by atoms with van der Waals surface area (Å²) in [6, 6.07) is 0.667. The molecule has 0 aromatic rings. The van der Waals surface area contributed by atoms with Gasteiger partial charge in [-0.3, -0.25) is 4.90 Å². The number of nitrogens with one attached hydrogen (secondary N) is 1. The molecule has 1 fully saturated rings. The smallest absolute Gasteiger partial charge is 0.0329 e. The third kappa shape index (κ3) is 3.95. The van der Waals surface area contributed by atoms with Gasteiger partial charge in [-0.2, -0.15) is 0 Å². The van der Waals surface area contributed by atoms with Crippen LogP contribution < -0.4 is 5.32 Å². The molecule has 1 rings (SSSR count). The van der Waals surface area contributed by atoms with Gasteiger partial charge in [-0.05, 0) is 24.7 Å². The largest absolute Gasteiger partial charge is 0.311 e. The molecule has 0 aliphatic carbocycles. The molecule has 0 saturated carbocycles. The first-order valence-electron chi connectivity index (χ1n) is 8.51. The van der Waals surface area contributed by atoms with Gasteiger partial charge in [0.2, 0.25) is 0 Å². The molecule has 1 N–H and O–H groups in total. The van der Waals surface area contributed by atoms with Crippen molar-refractivity contribution in [2.45, 2.75) is 78.8 Å². The molecule has 1 heterocycles. The summed E-state index contributed by atoms with van der Waals surface area (Å²) >= 11 is 0. The van der Waals surface area contributed by atoms with Crippen molar-refractivity contribution in [3.63, 3.8) is 0 Å². The molecule has 0 amide bonds. The van der Waals surface area contributed by atoms with Gasteiger partial charge < -0.3 is 5.32 Å². The topological polar surface area (TPSA) is 15.3 Å². The number of hydrogen-bond donors (Lipinski definition) is 1. The molecule has 0 bridgehead atoms. The summed E-state index contributed by atoms with van der Waals surface area (Å²) in [7, 11) is 0. The van der Waals surface area contributed by atoms with Gasteiger partial charge in [-0.15, -0.1) is 0 Å². The van der Waals surface area contributed by atoms with Gasteiger partial charge in [-0.25, -0.2) is 0 Å². The molecule has 1 unspecified atom stereocenters. The molecule has 2 heteroatoms. The third-order valence-corrected chi connectivity index (χ3v) is 5.54. The van der Waals surface area contributed by atoms with Crippen molar-refractivity contribution in [3.8, 4) is 0 Å². The SMILES string of the molecule is CCC(CC)CN1CC(C(C)C)NCC1(CC)CC. The number of nitrogens with zero attached hydrogens (tertiary/aromatic N) is 1. The molecule has 1 saturated heterocycles. The molecule has 2 nitrogen and oxygen atoms in total. The van der Waals surface area contributed by atoms with Gasteiger partial charge in [0.1, 0.15) is 0 Å². The van der Waals surface area contributed by atoms with Crippen LogP contribution in [0.15, 0.2) is 0 Å². The molecule has 0 aromatic heterocycles. The van der Waals surface area contributed by atoms with E-state index in [9.17, 15) is 0 Å². The monoisotopic (exact) mass is 268 g/mol. The van der Waals surface area contributed by atoms with Gasteiger partial charge in [0, 0.05) is 31.2 Å². The van der Waals surface area contributed by atoms with Crippen molar-refractivity contribution < 1.29 is 0 Å². The van der Waals surface area contributed by atoms with Gasteiger partial charge in [-0.1, -0.05) is 54.4 Å². The molecule has 114 valence electrons. The minimum absolute atomic E-state index is 0.397. The van der Waals surface area contributed by atoms with Crippen LogP contribution in [0.1, 0.15) is 67.2 Å². The molecule has 1 aliphatic heterocycles. The van der Waals surface area contributed by atoms with Crippen LogP contribution in [-0.4, -0.2) is 36.1 Å². The van der Waals surface area contributed by atoms with E-state index in [4.69, 9.17) is 0 Å². The highest BCUT2D eigenvalue weighted by Gasteiger charge is 2.39. The van der Waals surface area contributed by atoms with E-state index in [0.717, 1.165) is 11.8 Å². The Balaban J connectivity index is 2.81. The van der Waals surface area contributed by atoms with E-state index in [1.165, 1.54) is 45.3 Å². The zero-order chi connectivity index (χ0) is 14.5. The van der Waals surface area contributed by atoms with Crippen LogP contribution in [0.2, 0.25) is 0 Å². The minimum atomic E-state index is 0.397. The molecule has 0 radical (unpaired) electrons. The minimum Gasteiger partial charge on any atom is -0.311 e. The number of rotatable bonds is 7. The first kappa shape index (κ1) is 17.0. The fourth-order valence-electron chi connectivity index (χ4n) is 3.45. The first-order valence-corrected chi connectivity index (χ1v) is 8.51. The van der Waals surface area contributed by atoms with Crippen molar-refractivity contribution in [2.24, 2.45) is 11.8 Å². The highest BCUT2D eigenvalue weighted by atomic mass is 15.3. The predicted molar refractivity (Wildman–Crippen MR) is 85.6 cm³/mol. The van der Waals surface area contributed by atoms with E-state index < -0.39 is 0 Å². The Kier molecular flexibility index (Phi) is 6.82. The van der Waals surface area contributed by atoms with Gasteiger partial charge >= 0.3 is 0 Å². The summed E-state index contributed by atoms with van der Waals surface area (Å²) in [5.74, 6) is 1.60. The normalized spacial score (nSPS) is 24.3. The molecular formula is C17H36N2. The maximum absolute atomic E-state index is 3.81. The second-order valence-electron chi connectivity index (χ2n) is 6.75. The first-order chi connectivity index (χ1) is 9.02. The number of piperazine rings is 1. The second-order valence-corrected chi connectivity index (χ2v) is 6.75. The Labute approximate surface area is 121 Å². The van der Waals surface area contributed by atoms with Crippen molar-refractivity contribution in [2.75, 3.05) is 19.6 Å². The average molecular weight is 268 g/mol. The van der Waals surface area contributed by atoms with Crippen molar-refractivity contribution in [1.29, 1.82) is 0 Å². The summed E-state index contributed by atoms with van der Waals surface area (Å²) in [4.78, 5) is 2.83. The van der Waals surface area contributed by atoms with E-state index in [1.807, 2.05) is 0 Å². The van der Waals surface area contributed by atoms with Crippen LogP contribution in [0.4, 0.5) is 0 Å². The summed E-state index contributed by atoms with van der Waals surface area (Å²) in [6.45, 7) is 17.8. The molecule has 19 heavy (non-hydrogen) atoms. The van der Waals surface area contributed by atoms with Crippen LogP contribution in [-0.2, 0) is 0 Å². The van der Waals surface area contributed by atoms with Crippen LogP contribution >= 0.6 is 0 Å². The van der Waals surface area contributed by atoms with E-state index >= 15 is 0 Å². The van der Waals surface area contributed by atoms with Crippen LogP contribution in [0.3, 0.4) is 0 Å². The Morgan fingerprint density at radius 3 is 2.11 bits per heavy atom. The third-order valence-electron chi connectivity index (χ3n) is 5.54. The van der Waals surface area contributed by atoms with E-state index in [-0.39, 0.29) is 0 Å². The van der Waals surface area contributed by atoms with Crippen LogP contribution in [0.5, 0.6) is 0 Å². The fraction of sp³-hybridized carbons (Fsp3) is 1.00. The summed E-state index contributed by atoms with van der Waals surface area (Å²) in [5.41, 5.74) is 0.397. The Hall–Kier alpha value is -0.0800. The van der Waals surface area contributed by atoms with Crippen molar-refractivity contribution in [3.05, 3.63) is 0 Å². The zero-order valence-corrected chi connectivity index (χ0v) is 14.1. The van der Waals surface area contributed by atoms with Gasteiger partial charge in [0.25, 0.3) is 0 Å². The number of hydrogen-bond acceptors (Lipinski definition) is 2. The lowest BCUT2D eigenvalue weighted by Crippen LogP contribution is -2.65. The van der Waals surface area contributed by atoms with E-state index in [0.29, 0.717) is 11.6 Å². The van der Waals surface area contributed by atoms with Crippen molar-refractivity contribution in [1.82, 2.24) is 10.2 Å². The fourth-order valence-corrected chi connectivity index (χ4v) is 3.45. The van der Waals surface area contributed by atoms with E-state index in [2.05, 4.69) is 51.8 Å². The standard InChI is InChI=1S/C17H36N2/c1-7-15(8-2)11-19-12-16(14(5)6)18-13-17(19,9-3)10-4/h14-16,18H,7-13H2,1-6H3. The van der Waals surface area contributed by atoms with Crippen LogP contribution in [0, 0.1) is 11.8 Å². The maximum atomic E-state index is 3.81. The second kappa shape index (κ2) is 7.64. The Bertz CT molecular complexity index is 240. The molecule has 1 aliphatic rings. The lowest BCUT2D eigenvalue weighted by atomic mass is 9.84. The highest BCUT2D eigenvalue weighted by Crippen LogP contribution is 2.30. The lowest BCUT2D eigenvalue weighted by Gasteiger charge is -2.51. The molecule has 1 atom stereocenters. The van der Waals surface area contributed by atoms with Gasteiger partial charge in [0.15, 0.2) is 0 Å². The van der Waals surface area contributed by atoms with Crippen LogP contribution in [0.25, 0.3) is 0 Å². The van der Waals surface area contributed by atoms with Gasteiger partial charge in [0.05, 0.1) is 0 Å². The zero-order valence-electron chi connectivity index (χ0n) is 14.1. The highest BCUT2D eigenvalue weighted by molar-refractivity contribution is 4.98. The summed E-state index contributed by atoms with van der Waals surface area (Å²) in [6.07, 6.45) is 5.16. The van der Waals surface area contributed by atoms with E-state index in [1.54, 1.807) is 0 Å². The molecule has 0 spiro atoms. The maximum Gasteiger partial charge on any atom is 0.0329 e. The lowest BCUT2D eigenvalue weighted by molar-refractivity contribution is 0.00937. The molecule has 0 aromatic carbocycles. The average Bonchev–Trinajstić information content (AvgIpc) is 2.44. The molecular weight excluding hydrogens is 232 g/mol. The summed E-state index contributed by atoms with van der Waals surface area (Å²) in [5, 5.41) is 3.81.